The number of halogens is 2. The molecular formula is C19H30FIN6S2. The molecule has 0 saturated carbocycles. The molecule has 10 heteroatoms. The van der Waals surface area contributed by atoms with Gasteiger partial charge in [0.05, 0.1) is 13.1 Å². The van der Waals surface area contributed by atoms with Crippen LogP contribution < -0.4 is 10.6 Å². The Morgan fingerprint density at radius 1 is 1.17 bits per heavy atom. The molecule has 0 fully saturated rings. The Kier molecular flexibility index (Phi) is 12.6. The Bertz CT molecular complexity index is 784. The van der Waals surface area contributed by atoms with Gasteiger partial charge in [0.25, 0.3) is 0 Å². The van der Waals surface area contributed by atoms with Crippen molar-refractivity contribution in [2.45, 2.75) is 32.2 Å². The van der Waals surface area contributed by atoms with Gasteiger partial charge >= 0.3 is 0 Å². The minimum absolute atomic E-state index is 0. The van der Waals surface area contributed by atoms with E-state index >= 15 is 0 Å². The predicted molar refractivity (Wildman–Crippen MR) is 134 cm³/mol. The number of hydrogen-bond acceptors (Lipinski definition) is 5. The van der Waals surface area contributed by atoms with E-state index in [4.69, 9.17) is 4.99 Å². The fourth-order valence-corrected chi connectivity index (χ4v) is 3.58. The highest BCUT2D eigenvalue weighted by Gasteiger charge is 2.08. The topological polar surface area (TPSA) is 67.1 Å². The van der Waals surface area contributed by atoms with E-state index < -0.39 is 0 Å². The van der Waals surface area contributed by atoms with Gasteiger partial charge in [-0.2, -0.15) is 23.5 Å². The largest absolute Gasteiger partial charge is 0.356 e. The van der Waals surface area contributed by atoms with Gasteiger partial charge in [0.2, 0.25) is 0 Å². The quantitative estimate of drug-likeness (QED) is 0.203. The zero-order valence-electron chi connectivity index (χ0n) is 17.4. The van der Waals surface area contributed by atoms with E-state index in [9.17, 15) is 4.39 Å². The molecule has 29 heavy (non-hydrogen) atoms. The number of nitrogens with zero attached hydrogens (tertiary/aromatic N) is 4. The normalized spacial score (nSPS) is 11.3. The Balaban J connectivity index is 0.00000420. The standard InChI is InChI=1S/C19H29FN6S2.HI/c1-14-24-25-18(26(14)2)12-23-19(21-8-5-9-27-3)22-11-15-6-7-17(20)10-16(15)13-28-4;/h6-7,10H,5,8-9,11-13H2,1-4H3,(H2,21,22,23);1H. The Morgan fingerprint density at radius 3 is 2.62 bits per heavy atom. The number of nitrogens with one attached hydrogen (secondary N) is 2. The van der Waals surface area contributed by atoms with Gasteiger partial charge in [0.1, 0.15) is 11.6 Å². The van der Waals surface area contributed by atoms with Gasteiger partial charge in [-0.3, -0.25) is 0 Å². The molecule has 0 radical (unpaired) electrons. The first-order valence-electron chi connectivity index (χ1n) is 9.17. The highest BCUT2D eigenvalue weighted by atomic mass is 127. The van der Waals surface area contributed by atoms with E-state index in [1.807, 2.05) is 42.6 Å². The van der Waals surface area contributed by atoms with Crippen LogP contribution in [0.3, 0.4) is 0 Å². The molecule has 2 rings (SSSR count). The lowest BCUT2D eigenvalue weighted by molar-refractivity contribution is 0.625. The number of aryl methyl sites for hydroxylation is 1. The van der Waals surface area contributed by atoms with Crippen LogP contribution in [0.1, 0.15) is 29.2 Å². The molecule has 2 N–H and O–H groups in total. The van der Waals surface area contributed by atoms with E-state index in [-0.39, 0.29) is 29.8 Å². The first-order valence-corrected chi connectivity index (χ1v) is 12.0. The molecule has 0 saturated heterocycles. The van der Waals surface area contributed by atoms with Gasteiger partial charge in [-0.05, 0) is 54.9 Å². The summed E-state index contributed by atoms with van der Waals surface area (Å²) < 4.78 is 15.5. The van der Waals surface area contributed by atoms with Gasteiger partial charge < -0.3 is 15.2 Å². The molecule has 6 nitrogen and oxygen atoms in total. The number of guanidine groups is 1. The minimum atomic E-state index is -0.206. The van der Waals surface area contributed by atoms with Gasteiger partial charge in [-0.1, -0.05) is 6.07 Å². The average molecular weight is 553 g/mol. The van der Waals surface area contributed by atoms with Crippen LogP contribution in [0.2, 0.25) is 0 Å². The molecule has 1 aromatic heterocycles. The fraction of sp³-hybridized carbons (Fsp3) is 0.526. The lowest BCUT2D eigenvalue weighted by Gasteiger charge is -2.13. The summed E-state index contributed by atoms with van der Waals surface area (Å²) in [6.45, 7) is 3.79. The Labute approximate surface area is 198 Å². The second-order valence-electron chi connectivity index (χ2n) is 6.36. The van der Waals surface area contributed by atoms with E-state index in [0.717, 1.165) is 53.2 Å². The van der Waals surface area contributed by atoms with Crippen LogP contribution >= 0.6 is 47.5 Å². The highest BCUT2D eigenvalue weighted by Crippen LogP contribution is 2.17. The number of aliphatic imine (C=N–C) groups is 1. The summed E-state index contributed by atoms with van der Waals surface area (Å²) in [5.74, 6) is 4.10. The molecule has 0 aliphatic carbocycles. The molecule has 162 valence electrons. The predicted octanol–water partition coefficient (Wildman–Crippen LogP) is 3.73. The smallest absolute Gasteiger partial charge is 0.191 e. The zero-order valence-corrected chi connectivity index (χ0v) is 21.3. The number of thioether (sulfide) groups is 2. The molecule has 1 aromatic carbocycles. The zero-order chi connectivity index (χ0) is 20.4. The van der Waals surface area contributed by atoms with Gasteiger partial charge in [0, 0.05) is 19.3 Å². The Morgan fingerprint density at radius 2 is 1.97 bits per heavy atom. The fourth-order valence-electron chi connectivity index (χ4n) is 2.57. The monoisotopic (exact) mass is 552 g/mol. The van der Waals surface area contributed by atoms with Gasteiger partial charge in [-0.15, -0.1) is 34.2 Å². The molecule has 0 aliphatic heterocycles. The third-order valence-electron chi connectivity index (χ3n) is 4.29. The van der Waals surface area contributed by atoms with E-state index in [1.54, 1.807) is 17.8 Å². The average Bonchev–Trinajstić information content (AvgIpc) is 3.00. The molecule has 0 bridgehead atoms. The first kappa shape index (κ1) is 26.0. The minimum Gasteiger partial charge on any atom is -0.356 e. The Hall–Kier alpha value is -1.01. The van der Waals surface area contributed by atoms with E-state index in [1.165, 1.54) is 6.07 Å². The molecule has 0 spiro atoms. The van der Waals surface area contributed by atoms with Crippen molar-refractivity contribution in [1.29, 1.82) is 0 Å². The van der Waals surface area contributed by atoms with Crippen molar-refractivity contribution >= 4 is 53.5 Å². The van der Waals surface area contributed by atoms with Crippen molar-refractivity contribution in [2.24, 2.45) is 12.0 Å². The third-order valence-corrected chi connectivity index (χ3v) is 5.59. The van der Waals surface area contributed by atoms with Crippen molar-refractivity contribution in [3.8, 4) is 0 Å². The molecule has 0 aliphatic rings. The summed E-state index contributed by atoms with van der Waals surface area (Å²) in [6, 6.07) is 4.92. The van der Waals surface area contributed by atoms with Crippen molar-refractivity contribution < 1.29 is 4.39 Å². The van der Waals surface area contributed by atoms with Crippen molar-refractivity contribution in [3.63, 3.8) is 0 Å². The van der Waals surface area contributed by atoms with Crippen molar-refractivity contribution in [2.75, 3.05) is 24.8 Å². The molecule has 0 atom stereocenters. The van der Waals surface area contributed by atoms with Crippen LogP contribution in [0.5, 0.6) is 0 Å². The van der Waals surface area contributed by atoms with Crippen LogP contribution in [0.15, 0.2) is 23.2 Å². The van der Waals surface area contributed by atoms with Crippen LogP contribution in [0.25, 0.3) is 0 Å². The van der Waals surface area contributed by atoms with E-state index in [0.29, 0.717) is 13.1 Å². The van der Waals surface area contributed by atoms with Crippen LogP contribution in [-0.2, 0) is 25.9 Å². The SMILES string of the molecule is CSCCCNC(=NCc1ccc(F)cc1CSC)NCc1nnc(C)n1C.I. The molecular weight excluding hydrogens is 522 g/mol. The van der Waals surface area contributed by atoms with Crippen LogP contribution in [0.4, 0.5) is 4.39 Å². The summed E-state index contributed by atoms with van der Waals surface area (Å²) in [5, 5.41) is 15.0. The molecule has 1 heterocycles. The second kappa shape index (κ2) is 14.1. The van der Waals surface area contributed by atoms with Crippen molar-refractivity contribution in [1.82, 2.24) is 25.4 Å². The number of hydrogen-bond donors (Lipinski definition) is 2. The van der Waals surface area contributed by atoms with Gasteiger partial charge in [0.15, 0.2) is 11.8 Å². The maximum absolute atomic E-state index is 13.6. The number of aromatic nitrogens is 3. The lowest BCUT2D eigenvalue weighted by Crippen LogP contribution is -2.38. The number of benzene rings is 1. The number of rotatable bonds is 10. The summed E-state index contributed by atoms with van der Waals surface area (Å²) >= 11 is 3.50. The maximum atomic E-state index is 13.6. The van der Waals surface area contributed by atoms with Gasteiger partial charge in [-0.25, -0.2) is 9.38 Å². The lowest BCUT2D eigenvalue weighted by atomic mass is 10.1. The van der Waals surface area contributed by atoms with E-state index in [2.05, 4.69) is 27.1 Å². The maximum Gasteiger partial charge on any atom is 0.191 e. The summed E-state index contributed by atoms with van der Waals surface area (Å²) in [5.41, 5.74) is 2.03. The highest BCUT2D eigenvalue weighted by molar-refractivity contribution is 14.0. The first-order chi connectivity index (χ1) is 13.5. The second-order valence-corrected chi connectivity index (χ2v) is 8.21. The van der Waals surface area contributed by atoms with Crippen LogP contribution in [-0.4, -0.2) is 45.5 Å². The van der Waals surface area contributed by atoms with Crippen molar-refractivity contribution in [3.05, 3.63) is 46.8 Å². The molecule has 2 aromatic rings. The summed E-state index contributed by atoms with van der Waals surface area (Å²) in [7, 11) is 1.95. The summed E-state index contributed by atoms with van der Waals surface area (Å²) in [6.07, 6.45) is 5.17. The third kappa shape index (κ3) is 8.71. The van der Waals surface area contributed by atoms with Crippen LogP contribution in [0, 0.1) is 12.7 Å². The summed E-state index contributed by atoms with van der Waals surface area (Å²) in [4.78, 5) is 4.71. The molecule has 0 amide bonds. The molecule has 0 unspecified atom stereocenters.